The van der Waals surface area contributed by atoms with Crippen LogP contribution in [0.1, 0.15) is 32.3 Å². The molecule has 1 N–H and O–H groups in total. The molecule has 1 aromatic carbocycles. The standard InChI is InChI=1S/C13H19FO2/c1-3-4-6-11-12(14)7-5-8-13(11)16-10(2)9-15/h5,7-8,10,15H,3-4,6,9H2,1-2H3. The predicted octanol–water partition coefficient (Wildman–Crippen LogP) is 2.93. The van der Waals surface area contributed by atoms with Gasteiger partial charge < -0.3 is 9.84 Å². The van der Waals surface area contributed by atoms with Crippen LogP contribution in [-0.2, 0) is 6.42 Å². The van der Waals surface area contributed by atoms with Crippen molar-refractivity contribution in [2.45, 2.75) is 39.2 Å². The topological polar surface area (TPSA) is 29.5 Å². The molecular formula is C13H19FO2. The monoisotopic (exact) mass is 226 g/mol. The van der Waals surface area contributed by atoms with E-state index >= 15 is 0 Å². The van der Waals surface area contributed by atoms with Crippen LogP contribution in [0.3, 0.4) is 0 Å². The van der Waals surface area contributed by atoms with Crippen molar-refractivity contribution in [2.75, 3.05) is 6.61 Å². The van der Waals surface area contributed by atoms with Crippen LogP contribution in [0, 0.1) is 5.82 Å². The summed E-state index contributed by atoms with van der Waals surface area (Å²) >= 11 is 0. The van der Waals surface area contributed by atoms with Crippen LogP contribution >= 0.6 is 0 Å². The molecule has 1 aromatic rings. The van der Waals surface area contributed by atoms with E-state index in [4.69, 9.17) is 9.84 Å². The lowest BCUT2D eigenvalue weighted by molar-refractivity contribution is 0.128. The summed E-state index contributed by atoms with van der Waals surface area (Å²) in [5.41, 5.74) is 0.615. The minimum absolute atomic E-state index is 0.0657. The Kier molecular flexibility index (Phi) is 5.26. The number of aliphatic hydroxyl groups is 1. The highest BCUT2D eigenvalue weighted by Gasteiger charge is 2.11. The molecule has 0 saturated heterocycles. The molecule has 0 aromatic heterocycles. The minimum atomic E-state index is -0.304. The van der Waals surface area contributed by atoms with Crippen molar-refractivity contribution >= 4 is 0 Å². The van der Waals surface area contributed by atoms with Crippen LogP contribution < -0.4 is 4.74 Å². The molecule has 0 radical (unpaired) electrons. The summed E-state index contributed by atoms with van der Waals surface area (Å²) in [4.78, 5) is 0. The van der Waals surface area contributed by atoms with Gasteiger partial charge in [0, 0.05) is 5.56 Å². The van der Waals surface area contributed by atoms with E-state index in [0.717, 1.165) is 12.8 Å². The molecule has 1 rings (SSSR count). The Morgan fingerprint density at radius 3 is 2.81 bits per heavy atom. The normalized spacial score (nSPS) is 12.5. The maximum Gasteiger partial charge on any atom is 0.130 e. The number of benzene rings is 1. The molecule has 90 valence electrons. The molecule has 16 heavy (non-hydrogen) atoms. The summed E-state index contributed by atoms with van der Waals surface area (Å²) in [7, 11) is 0. The molecule has 0 heterocycles. The van der Waals surface area contributed by atoms with E-state index < -0.39 is 0 Å². The molecule has 0 bridgehead atoms. The second-order valence-corrected chi connectivity index (χ2v) is 3.93. The van der Waals surface area contributed by atoms with Crippen LogP contribution in [0.15, 0.2) is 18.2 Å². The number of unbranched alkanes of at least 4 members (excludes halogenated alkanes) is 1. The molecule has 0 aliphatic rings. The van der Waals surface area contributed by atoms with Gasteiger partial charge in [-0.1, -0.05) is 19.4 Å². The van der Waals surface area contributed by atoms with Crippen LogP contribution in [0.5, 0.6) is 5.75 Å². The van der Waals surface area contributed by atoms with Crippen molar-refractivity contribution in [1.29, 1.82) is 0 Å². The zero-order valence-electron chi connectivity index (χ0n) is 9.87. The van der Waals surface area contributed by atoms with Crippen LogP contribution in [-0.4, -0.2) is 17.8 Å². The molecule has 1 atom stereocenters. The van der Waals surface area contributed by atoms with Crippen LogP contribution in [0.2, 0.25) is 0 Å². The summed E-state index contributed by atoms with van der Waals surface area (Å²) in [5, 5.41) is 8.91. The number of hydrogen-bond donors (Lipinski definition) is 1. The lowest BCUT2D eigenvalue weighted by Crippen LogP contribution is -2.17. The first kappa shape index (κ1) is 13.0. The highest BCUT2D eigenvalue weighted by Crippen LogP contribution is 2.24. The van der Waals surface area contributed by atoms with E-state index in [0.29, 0.717) is 17.7 Å². The average molecular weight is 226 g/mol. The van der Waals surface area contributed by atoms with E-state index in [1.807, 2.05) is 0 Å². The lowest BCUT2D eigenvalue weighted by Gasteiger charge is -2.16. The van der Waals surface area contributed by atoms with E-state index in [9.17, 15) is 4.39 Å². The second-order valence-electron chi connectivity index (χ2n) is 3.93. The largest absolute Gasteiger partial charge is 0.488 e. The molecular weight excluding hydrogens is 207 g/mol. The number of rotatable bonds is 6. The number of aliphatic hydroxyl groups excluding tert-OH is 1. The molecule has 0 aliphatic heterocycles. The van der Waals surface area contributed by atoms with Gasteiger partial charge in [0.05, 0.1) is 6.61 Å². The summed E-state index contributed by atoms with van der Waals surface area (Å²) in [6.45, 7) is 3.76. The summed E-state index contributed by atoms with van der Waals surface area (Å²) in [6.07, 6.45) is 2.33. The zero-order chi connectivity index (χ0) is 12.0. The zero-order valence-corrected chi connectivity index (χ0v) is 9.87. The second kappa shape index (κ2) is 6.48. The van der Waals surface area contributed by atoms with E-state index in [-0.39, 0.29) is 18.5 Å². The van der Waals surface area contributed by atoms with Crippen molar-refractivity contribution in [3.8, 4) is 5.75 Å². The van der Waals surface area contributed by atoms with Gasteiger partial charge in [0.2, 0.25) is 0 Å². The fraction of sp³-hybridized carbons (Fsp3) is 0.538. The van der Waals surface area contributed by atoms with Crippen molar-refractivity contribution < 1.29 is 14.2 Å². The Morgan fingerprint density at radius 2 is 2.19 bits per heavy atom. The Balaban J connectivity index is 2.84. The average Bonchev–Trinajstić information content (AvgIpc) is 2.28. The molecule has 1 unspecified atom stereocenters. The highest BCUT2D eigenvalue weighted by molar-refractivity contribution is 5.35. The molecule has 0 spiro atoms. The summed E-state index contributed by atoms with van der Waals surface area (Å²) < 4.78 is 19.1. The van der Waals surface area contributed by atoms with Gasteiger partial charge in [-0.15, -0.1) is 0 Å². The smallest absolute Gasteiger partial charge is 0.130 e. The van der Waals surface area contributed by atoms with E-state index in [1.54, 1.807) is 19.1 Å². The van der Waals surface area contributed by atoms with Gasteiger partial charge in [0.1, 0.15) is 17.7 Å². The van der Waals surface area contributed by atoms with E-state index in [2.05, 4.69) is 6.92 Å². The molecule has 2 nitrogen and oxygen atoms in total. The first-order valence-corrected chi connectivity index (χ1v) is 5.74. The van der Waals surface area contributed by atoms with E-state index in [1.165, 1.54) is 6.07 Å². The van der Waals surface area contributed by atoms with Crippen LogP contribution in [0.25, 0.3) is 0 Å². The number of halogens is 1. The maximum atomic E-state index is 13.6. The summed E-state index contributed by atoms with van der Waals surface area (Å²) in [5.74, 6) is 0.325. The van der Waals surface area contributed by atoms with Crippen molar-refractivity contribution in [3.05, 3.63) is 29.6 Å². The van der Waals surface area contributed by atoms with Gasteiger partial charge in [-0.25, -0.2) is 4.39 Å². The van der Waals surface area contributed by atoms with Gasteiger partial charge in [0.25, 0.3) is 0 Å². The lowest BCUT2D eigenvalue weighted by atomic mass is 10.1. The van der Waals surface area contributed by atoms with Crippen LogP contribution in [0.4, 0.5) is 4.39 Å². The van der Waals surface area contributed by atoms with Gasteiger partial charge in [0.15, 0.2) is 0 Å². The first-order valence-electron chi connectivity index (χ1n) is 5.74. The predicted molar refractivity (Wildman–Crippen MR) is 62.2 cm³/mol. The van der Waals surface area contributed by atoms with Gasteiger partial charge >= 0.3 is 0 Å². The Bertz CT molecular complexity index is 326. The fourth-order valence-corrected chi connectivity index (χ4v) is 1.50. The summed E-state index contributed by atoms with van der Waals surface area (Å²) in [6, 6.07) is 4.83. The first-order chi connectivity index (χ1) is 7.69. The third-order valence-corrected chi connectivity index (χ3v) is 2.44. The number of ether oxygens (including phenoxy) is 1. The Labute approximate surface area is 96.1 Å². The molecule has 3 heteroatoms. The number of hydrogen-bond acceptors (Lipinski definition) is 2. The minimum Gasteiger partial charge on any atom is -0.488 e. The molecule has 0 aliphatic carbocycles. The SMILES string of the molecule is CCCCc1c(F)cccc1OC(C)CO. The van der Waals surface area contributed by atoms with Crippen molar-refractivity contribution in [1.82, 2.24) is 0 Å². The van der Waals surface area contributed by atoms with Crippen molar-refractivity contribution in [2.24, 2.45) is 0 Å². The maximum absolute atomic E-state index is 13.6. The third kappa shape index (κ3) is 3.49. The third-order valence-electron chi connectivity index (χ3n) is 2.44. The van der Waals surface area contributed by atoms with Gasteiger partial charge in [-0.2, -0.15) is 0 Å². The molecule has 0 fully saturated rings. The highest BCUT2D eigenvalue weighted by atomic mass is 19.1. The molecule has 0 amide bonds. The Morgan fingerprint density at radius 1 is 1.44 bits per heavy atom. The van der Waals surface area contributed by atoms with Crippen molar-refractivity contribution in [3.63, 3.8) is 0 Å². The fourth-order valence-electron chi connectivity index (χ4n) is 1.50. The molecule has 0 saturated carbocycles. The van der Waals surface area contributed by atoms with Gasteiger partial charge in [-0.05, 0) is 31.9 Å². The quantitative estimate of drug-likeness (QED) is 0.808. The Hall–Kier alpha value is -1.09. The van der Waals surface area contributed by atoms with Gasteiger partial charge in [-0.3, -0.25) is 0 Å².